The monoisotopic (exact) mass is 202 g/mol. The minimum absolute atomic E-state index is 0.0707. The number of ether oxygens (including phenoxy) is 1. The predicted molar refractivity (Wildman–Crippen MR) is 51.5 cm³/mol. The Balaban J connectivity index is 2.32. The Bertz CT molecular complexity index is 465. The lowest BCUT2D eigenvalue weighted by molar-refractivity contribution is 0.0593. The third-order valence-electron chi connectivity index (χ3n) is 1.83. The topological polar surface area (TPSA) is 57.0 Å². The predicted octanol–water partition coefficient (Wildman–Crippen LogP) is 0.854. The van der Waals surface area contributed by atoms with Crippen LogP contribution in [0.15, 0.2) is 30.3 Å². The summed E-state index contributed by atoms with van der Waals surface area (Å²) in [6, 6.07) is 9.30. The first-order chi connectivity index (χ1) is 7.31. The molecule has 0 N–H and O–H groups in total. The molecule has 0 fully saturated rings. The molecule has 5 nitrogen and oxygen atoms in total. The van der Waals surface area contributed by atoms with Crippen molar-refractivity contribution in [1.29, 1.82) is 0 Å². The van der Waals surface area contributed by atoms with Gasteiger partial charge in [-0.1, -0.05) is 23.4 Å². The summed E-state index contributed by atoms with van der Waals surface area (Å²) >= 11 is 0. The maximum atomic E-state index is 11.1. The molecular weight excluding hydrogens is 194 g/mol. The van der Waals surface area contributed by atoms with E-state index in [9.17, 15) is 4.79 Å². The molecule has 0 bridgehead atoms. The van der Waals surface area contributed by atoms with E-state index >= 15 is 0 Å². The van der Waals surface area contributed by atoms with E-state index in [1.807, 2.05) is 30.3 Å². The molecular formula is C10H8N3O2. The number of para-hydroxylation sites is 1. The van der Waals surface area contributed by atoms with E-state index in [2.05, 4.69) is 21.2 Å². The second kappa shape index (κ2) is 3.91. The standard InChI is InChI=1S/C10H8N3O2/c1-15-10(14)9-7-13(12-11-9)8-5-3-2-4-6-8/h2-6H,1H3. The first-order valence-electron chi connectivity index (χ1n) is 4.30. The molecule has 0 saturated heterocycles. The number of hydrogen-bond donors (Lipinski definition) is 0. The summed E-state index contributed by atoms with van der Waals surface area (Å²) in [5.41, 5.74) is 0.863. The minimum atomic E-state index is -0.544. The van der Waals surface area contributed by atoms with E-state index in [-0.39, 0.29) is 5.69 Å². The van der Waals surface area contributed by atoms with E-state index in [0.29, 0.717) is 0 Å². The summed E-state index contributed by atoms with van der Waals surface area (Å²) in [6.45, 7) is 0. The van der Waals surface area contributed by atoms with Gasteiger partial charge in [-0.05, 0) is 12.1 Å². The Morgan fingerprint density at radius 2 is 2.13 bits per heavy atom. The van der Waals surface area contributed by atoms with Crippen LogP contribution in [0.1, 0.15) is 10.5 Å². The summed E-state index contributed by atoms with van der Waals surface area (Å²) in [7, 11) is 1.29. The van der Waals surface area contributed by atoms with Gasteiger partial charge >= 0.3 is 5.97 Å². The molecule has 0 unspecified atom stereocenters. The lowest BCUT2D eigenvalue weighted by Crippen LogP contribution is -2.01. The maximum Gasteiger partial charge on any atom is 0.361 e. The number of methoxy groups -OCH3 is 1. The Labute approximate surface area is 86.3 Å². The molecule has 5 heteroatoms. The van der Waals surface area contributed by atoms with Crippen LogP contribution in [-0.4, -0.2) is 28.1 Å². The normalized spacial score (nSPS) is 9.93. The van der Waals surface area contributed by atoms with Crippen LogP contribution in [0, 0.1) is 6.20 Å². The Morgan fingerprint density at radius 1 is 1.40 bits per heavy atom. The van der Waals surface area contributed by atoms with E-state index < -0.39 is 5.97 Å². The fourth-order valence-corrected chi connectivity index (χ4v) is 1.10. The van der Waals surface area contributed by atoms with Crippen molar-refractivity contribution in [2.75, 3.05) is 7.11 Å². The van der Waals surface area contributed by atoms with Gasteiger partial charge in [0.05, 0.1) is 12.8 Å². The molecule has 0 aliphatic rings. The minimum Gasteiger partial charge on any atom is -0.464 e. The lowest BCUT2D eigenvalue weighted by Gasteiger charge is -1.96. The number of nitrogens with zero attached hydrogens (tertiary/aromatic N) is 3. The highest BCUT2D eigenvalue weighted by Crippen LogP contribution is 2.05. The molecule has 1 aromatic heterocycles. The Morgan fingerprint density at radius 3 is 2.80 bits per heavy atom. The first kappa shape index (κ1) is 9.39. The molecule has 2 aromatic rings. The van der Waals surface area contributed by atoms with Crippen LogP contribution in [-0.2, 0) is 4.74 Å². The molecule has 0 aliphatic heterocycles. The third kappa shape index (κ3) is 1.85. The van der Waals surface area contributed by atoms with Crippen LogP contribution in [0.3, 0.4) is 0 Å². The number of aromatic nitrogens is 3. The number of hydrogen-bond acceptors (Lipinski definition) is 4. The van der Waals surface area contributed by atoms with Gasteiger partial charge in [-0.2, -0.15) is 0 Å². The van der Waals surface area contributed by atoms with Gasteiger partial charge in [0, 0.05) is 0 Å². The van der Waals surface area contributed by atoms with Crippen molar-refractivity contribution >= 4 is 5.97 Å². The number of rotatable bonds is 2. The molecule has 1 heterocycles. The summed E-state index contributed by atoms with van der Waals surface area (Å²) in [5, 5.41) is 7.41. The van der Waals surface area contributed by atoms with Crippen molar-refractivity contribution in [2.24, 2.45) is 0 Å². The van der Waals surface area contributed by atoms with Crippen LogP contribution >= 0.6 is 0 Å². The highest BCUT2D eigenvalue weighted by atomic mass is 16.5. The fraction of sp³-hybridized carbons (Fsp3) is 0.100. The zero-order valence-corrected chi connectivity index (χ0v) is 8.04. The number of benzene rings is 1. The van der Waals surface area contributed by atoms with Crippen LogP contribution in [0.5, 0.6) is 0 Å². The highest BCUT2D eigenvalue weighted by Gasteiger charge is 2.11. The number of carbonyl (C=O) groups excluding carboxylic acids is 1. The molecule has 0 amide bonds. The van der Waals surface area contributed by atoms with Gasteiger partial charge in [-0.15, -0.1) is 5.10 Å². The molecule has 0 atom stereocenters. The number of carbonyl (C=O) groups is 1. The van der Waals surface area contributed by atoms with Gasteiger partial charge in [0.15, 0.2) is 0 Å². The molecule has 0 saturated carbocycles. The molecule has 1 radical (unpaired) electrons. The smallest absolute Gasteiger partial charge is 0.361 e. The lowest BCUT2D eigenvalue weighted by atomic mass is 10.3. The van der Waals surface area contributed by atoms with Crippen molar-refractivity contribution in [2.45, 2.75) is 0 Å². The SMILES string of the molecule is COC(=O)c1[c]n(-c2ccccc2)nn1. The largest absolute Gasteiger partial charge is 0.464 e. The molecule has 75 valence electrons. The van der Waals surface area contributed by atoms with Gasteiger partial charge < -0.3 is 4.74 Å². The van der Waals surface area contributed by atoms with Gasteiger partial charge in [-0.3, -0.25) is 0 Å². The molecule has 0 aliphatic carbocycles. The van der Waals surface area contributed by atoms with Crippen LogP contribution < -0.4 is 0 Å². The van der Waals surface area contributed by atoms with Gasteiger partial charge in [-0.25, -0.2) is 9.48 Å². The molecule has 1 aromatic carbocycles. The van der Waals surface area contributed by atoms with E-state index in [4.69, 9.17) is 0 Å². The zero-order chi connectivity index (χ0) is 10.7. The van der Waals surface area contributed by atoms with Crippen molar-refractivity contribution in [1.82, 2.24) is 15.0 Å². The Kier molecular flexibility index (Phi) is 2.45. The average molecular weight is 202 g/mol. The second-order valence-electron chi connectivity index (χ2n) is 2.79. The summed E-state index contributed by atoms with van der Waals surface area (Å²) in [6.07, 6.45) is 2.70. The van der Waals surface area contributed by atoms with Crippen molar-refractivity contribution in [3.05, 3.63) is 42.2 Å². The number of esters is 1. The molecule has 2 rings (SSSR count). The van der Waals surface area contributed by atoms with E-state index in [1.54, 1.807) is 0 Å². The van der Waals surface area contributed by atoms with Gasteiger partial charge in [0.2, 0.25) is 5.69 Å². The fourth-order valence-electron chi connectivity index (χ4n) is 1.10. The van der Waals surface area contributed by atoms with E-state index in [1.165, 1.54) is 11.8 Å². The summed E-state index contributed by atoms with van der Waals surface area (Å²) < 4.78 is 5.89. The van der Waals surface area contributed by atoms with Crippen molar-refractivity contribution in [3.8, 4) is 5.69 Å². The third-order valence-corrected chi connectivity index (χ3v) is 1.83. The van der Waals surface area contributed by atoms with Crippen molar-refractivity contribution < 1.29 is 9.53 Å². The van der Waals surface area contributed by atoms with Gasteiger partial charge in [0.25, 0.3) is 0 Å². The Hall–Kier alpha value is -2.17. The van der Waals surface area contributed by atoms with Gasteiger partial charge in [0.1, 0.15) is 6.20 Å². The van der Waals surface area contributed by atoms with Crippen LogP contribution in [0.4, 0.5) is 0 Å². The first-order valence-corrected chi connectivity index (χ1v) is 4.30. The summed E-state index contributed by atoms with van der Waals surface area (Å²) in [5.74, 6) is -0.544. The zero-order valence-electron chi connectivity index (χ0n) is 8.04. The molecule has 15 heavy (non-hydrogen) atoms. The van der Waals surface area contributed by atoms with Crippen LogP contribution in [0.2, 0.25) is 0 Å². The van der Waals surface area contributed by atoms with Crippen LogP contribution in [0.25, 0.3) is 5.69 Å². The maximum absolute atomic E-state index is 11.1. The van der Waals surface area contributed by atoms with Crippen molar-refractivity contribution in [3.63, 3.8) is 0 Å². The van der Waals surface area contributed by atoms with E-state index in [0.717, 1.165) is 5.69 Å². The quantitative estimate of drug-likeness (QED) is 0.677. The summed E-state index contributed by atoms with van der Waals surface area (Å²) in [4.78, 5) is 11.1. The molecule has 0 spiro atoms. The average Bonchev–Trinajstić information content (AvgIpc) is 2.78. The second-order valence-corrected chi connectivity index (χ2v) is 2.79. The highest BCUT2D eigenvalue weighted by molar-refractivity contribution is 5.86.